The van der Waals surface area contributed by atoms with Gasteiger partial charge in [-0.15, -0.1) is 0 Å². The van der Waals surface area contributed by atoms with Crippen LogP contribution in [0.2, 0.25) is 0 Å². The predicted octanol–water partition coefficient (Wildman–Crippen LogP) is -7.32. The molecule has 0 saturated heterocycles. The van der Waals surface area contributed by atoms with E-state index in [1.807, 2.05) is 0 Å². The van der Waals surface area contributed by atoms with E-state index in [9.17, 15) is 0 Å². The second kappa shape index (κ2) is 22.8. The van der Waals surface area contributed by atoms with Crippen LogP contribution in [0.25, 0.3) is 0 Å². The largest absolute Gasteiger partial charge is 3.00 e. The van der Waals surface area contributed by atoms with Gasteiger partial charge >= 0.3 is 34.1 Å². The van der Waals surface area contributed by atoms with E-state index in [1.54, 1.807) is 0 Å². The van der Waals surface area contributed by atoms with E-state index < -0.39 is 31.2 Å². The van der Waals surface area contributed by atoms with Gasteiger partial charge in [0.05, 0.1) is 0 Å². The zero-order valence-corrected chi connectivity index (χ0v) is 13.7. The summed E-state index contributed by atoms with van der Waals surface area (Å²) in [6.45, 7) is 0. The number of hydrogen-bond donors (Lipinski definition) is 0. The van der Waals surface area contributed by atoms with Crippen LogP contribution in [0.5, 0.6) is 0 Å². The Balaban J connectivity index is -0.0000000129. The topological polar surface area (TPSA) is 367 Å². The Hall–Kier alpha value is 0.489. The van der Waals surface area contributed by atoms with E-state index in [2.05, 4.69) is 0 Å². The quantitative estimate of drug-likeness (QED) is 0.181. The van der Waals surface area contributed by atoms with Gasteiger partial charge in [0.2, 0.25) is 0 Å². The van der Waals surface area contributed by atoms with E-state index >= 15 is 0 Å². The second-order valence-electron chi connectivity index (χ2n) is 1.22. The van der Waals surface area contributed by atoms with Crippen LogP contribution in [-0.4, -0.2) is 74.5 Å². The first-order chi connectivity index (χ1) is 6.00. The molecule has 0 aliphatic heterocycles. The summed E-state index contributed by atoms with van der Waals surface area (Å²) in [5, 5.41) is 0. The molecule has 0 aromatic rings. The van der Waals surface area contributed by atoms with Gasteiger partial charge in [-0.3, -0.25) is 25.3 Å². The summed E-state index contributed by atoms with van der Waals surface area (Å²) < 4.78 is 102. The molecule has 136 valence electrons. The van der Waals surface area contributed by atoms with Gasteiger partial charge in [0.25, 0.3) is 0 Å². The van der Waals surface area contributed by atoms with Crippen LogP contribution >= 0.6 is 0 Å². The van der Waals surface area contributed by atoms with E-state index in [0.29, 0.717) is 0 Å². The van der Waals surface area contributed by atoms with Gasteiger partial charge in [0, 0.05) is 31.2 Å². The standard InChI is InChI=1S/2Mn.3H2O4S.4H2O/c;;3*1-5(2,3)4;;;;/h;;3*(H2,1,2,3,4);4*1H2/q2*+3;;;;;;;/p-6. The van der Waals surface area contributed by atoms with Crippen LogP contribution in [0.3, 0.4) is 0 Å². The maximum Gasteiger partial charge on any atom is 3.00 e. The maximum atomic E-state index is 8.52. The zero-order valence-electron chi connectivity index (χ0n) is 8.88. The minimum absolute atomic E-state index is 0. The summed E-state index contributed by atoms with van der Waals surface area (Å²) in [7, 11) is -15.5. The first kappa shape index (κ1) is 57.8. The van der Waals surface area contributed by atoms with Crippen molar-refractivity contribution in [3.63, 3.8) is 0 Å². The van der Waals surface area contributed by atoms with Crippen LogP contribution in [0.4, 0.5) is 0 Å². The van der Waals surface area contributed by atoms with Crippen LogP contribution < -0.4 is 0 Å². The van der Waals surface area contributed by atoms with E-state index in [4.69, 9.17) is 52.6 Å². The summed E-state index contributed by atoms with van der Waals surface area (Å²) in [4.78, 5) is 0. The maximum absolute atomic E-state index is 8.52. The van der Waals surface area contributed by atoms with Crippen LogP contribution in [0, 0.1) is 0 Å². The molecule has 8 N–H and O–H groups in total. The summed E-state index contributed by atoms with van der Waals surface area (Å²) in [6.07, 6.45) is 0. The van der Waals surface area contributed by atoms with Gasteiger partial charge < -0.3 is 49.2 Å². The summed E-state index contributed by atoms with van der Waals surface area (Å²) in [5.41, 5.74) is 0. The molecule has 0 saturated carbocycles. The van der Waals surface area contributed by atoms with Crippen molar-refractivity contribution >= 4 is 31.2 Å². The van der Waals surface area contributed by atoms with Crippen molar-refractivity contribution in [3.8, 4) is 0 Å². The van der Waals surface area contributed by atoms with Gasteiger partial charge in [-0.05, 0) is 0 Å². The van der Waals surface area contributed by atoms with Crippen LogP contribution in [-0.2, 0) is 65.3 Å². The third-order valence-corrected chi connectivity index (χ3v) is 0. The van der Waals surface area contributed by atoms with Gasteiger partial charge in [-0.2, -0.15) is 0 Å². The average molecular weight is 470 g/mol. The molecule has 0 amide bonds. The van der Waals surface area contributed by atoms with Gasteiger partial charge in [-0.25, -0.2) is 0 Å². The minimum Gasteiger partial charge on any atom is -0.759 e. The third kappa shape index (κ3) is 29300. The molecule has 0 aliphatic carbocycles. The van der Waals surface area contributed by atoms with E-state index in [0.717, 1.165) is 0 Å². The molecule has 21 heteroatoms. The van der Waals surface area contributed by atoms with E-state index in [-0.39, 0.29) is 56.0 Å². The van der Waals surface area contributed by atoms with Crippen molar-refractivity contribution in [2.75, 3.05) is 0 Å². The van der Waals surface area contributed by atoms with Gasteiger partial charge in [-0.1, -0.05) is 0 Å². The van der Waals surface area contributed by atoms with Crippen LogP contribution in [0.15, 0.2) is 0 Å². The van der Waals surface area contributed by atoms with Crippen molar-refractivity contribution in [2.45, 2.75) is 0 Å². The smallest absolute Gasteiger partial charge is 0.759 e. The molecule has 0 aromatic carbocycles. The van der Waals surface area contributed by atoms with Crippen molar-refractivity contribution in [2.24, 2.45) is 0 Å². The van der Waals surface area contributed by atoms with Gasteiger partial charge in [0.15, 0.2) is 0 Å². The molecule has 0 aromatic heterocycles. The number of hydrogen-bond acceptors (Lipinski definition) is 12. The summed E-state index contributed by atoms with van der Waals surface area (Å²) >= 11 is 0. The molecule has 0 rings (SSSR count). The molecule has 0 heterocycles. The Morgan fingerprint density at radius 1 is 0.381 bits per heavy atom. The molecule has 0 unspecified atom stereocenters. The molecule has 16 nitrogen and oxygen atoms in total. The Labute approximate surface area is 139 Å². The first-order valence-corrected chi connectivity index (χ1v) is 6.00. The molecule has 0 radical (unpaired) electrons. The first-order valence-electron chi connectivity index (χ1n) is 2.00. The monoisotopic (exact) mass is 470 g/mol. The van der Waals surface area contributed by atoms with Crippen LogP contribution in [0.1, 0.15) is 0 Å². The normalized spacial score (nSPS) is 8.29. The number of rotatable bonds is 0. The fraction of sp³-hybridized carbons (Fsp3) is 0. The second-order valence-corrected chi connectivity index (χ2v) is 3.67. The fourth-order valence-corrected chi connectivity index (χ4v) is 0. The van der Waals surface area contributed by atoms with Crippen molar-refractivity contribution in [1.82, 2.24) is 0 Å². The molecular formula is H8Mn2O16S3. The average Bonchev–Trinajstić information content (AvgIpc) is 1.41. The zero-order chi connectivity index (χ0) is 13.5. The molecule has 0 bridgehead atoms. The fourth-order valence-electron chi connectivity index (χ4n) is 0. The van der Waals surface area contributed by atoms with E-state index in [1.165, 1.54) is 0 Å². The minimum atomic E-state index is -5.17. The Kier molecular flexibility index (Phi) is 62.7. The summed E-state index contributed by atoms with van der Waals surface area (Å²) in [6, 6.07) is 0. The molecule has 0 atom stereocenters. The van der Waals surface area contributed by atoms with Crippen molar-refractivity contribution in [1.29, 1.82) is 0 Å². The molecular weight excluding hydrogens is 462 g/mol. The molecule has 0 spiro atoms. The predicted molar refractivity (Wildman–Crippen MR) is 45.9 cm³/mol. The van der Waals surface area contributed by atoms with Gasteiger partial charge in [0.1, 0.15) is 0 Å². The molecule has 0 fully saturated rings. The SMILES string of the molecule is O.O.O.O.O=S(=O)([O-])[O-].O=S(=O)([O-])[O-].O=S(=O)([O-])[O-].[Mn+3].[Mn+3]. The van der Waals surface area contributed by atoms with Crippen molar-refractivity contribution < 1.29 is 109 Å². The Morgan fingerprint density at radius 2 is 0.381 bits per heavy atom. The molecule has 0 aliphatic rings. The molecule has 21 heavy (non-hydrogen) atoms. The Bertz CT molecular complexity index is 342. The third-order valence-electron chi connectivity index (χ3n) is 0. The summed E-state index contributed by atoms with van der Waals surface area (Å²) in [5.74, 6) is 0. The van der Waals surface area contributed by atoms with Crippen molar-refractivity contribution in [3.05, 3.63) is 0 Å². The Morgan fingerprint density at radius 3 is 0.381 bits per heavy atom.